The lowest BCUT2D eigenvalue weighted by Crippen LogP contribution is -2.32. The van der Waals surface area contributed by atoms with Crippen molar-refractivity contribution in [3.63, 3.8) is 0 Å². The molecular weight excluding hydrogens is 973 g/mol. The molecule has 8 atom stereocenters. The van der Waals surface area contributed by atoms with Crippen LogP contribution in [0.1, 0.15) is 105 Å². The van der Waals surface area contributed by atoms with Gasteiger partial charge in [-0.2, -0.15) is 0 Å². The van der Waals surface area contributed by atoms with Gasteiger partial charge in [0.05, 0.1) is 31.7 Å². The van der Waals surface area contributed by atoms with E-state index in [1.54, 1.807) is 53.1 Å². The fourth-order valence-corrected chi connectivity index (χ4v) is 12.7. The van der Waals surface area contributed by atoms with E-state index in [0.717, 1.165) is 47.7 Å². The number of aromatic amines is 1. The molecule has 0 saturated carbocycles. The van der Waals surface area contributed by atoms with Crippen LogP contribution in [0.3, 0.4) is 0 Å². The number of aliphatic hydroxyl groups is 1. The predicted molar refractivity (Wildman–Crippen MR) is 255 cm³/mol. The number of unbranched alkanes of at least 4 members (excludes halogenated alkanes) is 9. The summed E-state index contributed by atoms with van der Waals surface area (Å²) in [5, 5.41) is 8.88. The van der Waals surface area contributed by atoms with E-state index in [0.29, 0.717) is 34.6 Å². The van der Waals surface area contributed by atoms with Crippen molar-refractivity contribution >= 4 is 49.0 Å². The Labute approximate surface area is 406 Å². The average Bonchev–Trinajstić information content (AvgIpc) is 4.07. The van der Waals surface area contributed by atoms with Crippen molar-refractivity contribution in [1.29, 1.82) is 0 Å². The molecule has 5 aromatic rings. The zero-order chi connectivity index (χ0) is 49.1. The number of carbonyl (C=O) groups is 1. The summed E-state index contributed by atoms with van der Waals surface area (Å²) >= 11 is 0.849. The van der Waals surface area contributed by atoms with Gasteiger partial charge in [0.15, 0.2) is 11.5 Å². The van der Waals surface area contributed by atoms with E-state index in [2.05, 4.69) is 19.9 Å². The third-order valence-corrected chi connectivity index (χ3v) is 16.7. The number of nitrogens with zero attached hydrogens (tertiary/aromatic N) is 5. The van der Waals surface area contributed by atoms with Gasteiger partial charge in [-0.3, -0.25) is 37.0 Å². The number of aliphatic hydroxyl groups excluding tert-OH is 1. The van der Waals surface area contributed by atoms with E-state index in [1.807, 2.05) is 0 Å². The molecule has 70 heavy (non-hydrogen) atoms. The number of phosphoric acid groups is 1. The van der Waals surface area contributed by atoms with E-state index in [1.165, 1.54) is 57.4 Å². The van der Waals surface area contributed by atoms with Crippen LogP contribution in [0.15, 0.2) is 83.0 Å². The van der Waals surface area contributed by atoms with Gasteiger partial charge in [0, 0.05) is 37.5 Å². The minimum absolute atomic E-state index is 0.0123. The van der Waals surface area contributed by atoms with Gasteiger partial charge in [-0.1, -0.05) is 63.5 Å². The Morgan fingerprint density at radius 2 is 1.40 bits per heavy atom. The van der Waals surface area contributed by atoms with Gasteiger partial charge in [0.1, 0.15) is 60.2 Å². The number of benzene rings is 2. The Bertz CT molecular complexity index is 2740. The summed E-state index contributed by atoms with van der Waals surface area (Å²) < 4.78 is 78.3. The molecule has 3 aliphatic heterocycles. The summed E-state index contributed by atoms with van der Waals surface area (Å²) in [6, 6.07) is 14.5. The molecule has 0 radical (unpaired) electrons. The first-order chi connectivity index (χ1) is 33.8. The zero-order valence-corrected chi connectivity index (χ0v) is 40.8. The van der Waals surface area contributed by atoms with Gasteiger partial charge in [0.2, 0.25) is 0 Å². The minimum Gasteiger partial charge on any atom is -0.494 e. The third-order valence-electron chi connectivity index (χ3n) is 12.0. The molecule has 0 amide bonds. The molecule has 0 aliphatic carbocycles. The maximum absolute atomic E-state index is 14.9. The molecule has 3 fully saturated rings. The van der Waals surface area contributed by atoms with Crippen LogP contribution in [0, 0.1) is 0 Å². The van der Waals surface area contributed by atoms with Crippen LogP contribution in [0.2, 0.25) is 0 Å². The average molecular weight is 1030 g/mol. The molecule has 0 spiro atoms. The number of hydrogen-bond acceptors (Lipinski definition) is 19. The van der Waals surface area contributed by atoms with Gasteiger partial charge in [-0.05, 0) is 66.2 Å². The van der Waals surface area contributed by atoms with Crippen molar-refractivity contribution in [2.45, 2.75) is 120 Å². The predicted octanol–water partition coefficient (Wildman–Crippen LogP) is 6.98. The number of nitrogens with one attached hydrogen (secondary N) is 1. The summed E-state index contributed by atoms with van der Waals surface area (Å²) in [7, 11) is -4.83. The number of imidazole rings is 1. The van der Waals surface area contributed by atoms with Crippen molar-refractivity contribution in [2.75, 3.05) is 32.2 Å². The van der Waals surface area contributed by atoms with Crippen LogP contribution in [-0.4, -0.2) is 95.9 Å². The van der Waals surface area contributed by atoms with E-state index in [4.69, 9.17) is 47.9 Å². The van der Waals surface area contributed by atoms with Gasteiger partial charge < -0.3 is 34.7 Å². The van der Waals surface area contributed by atoms with Gasteiger partial charge in [-0.25, -0.2) is 33.7 Å². The molecule has 378 valence electrons. The molecule has 2 unspecified atom stereocenters. The monoisotopic (exact) mass is 1030 g/mol. The standard InChI is InChI=1S/C45H57N7O15P2S/c46-42-41-43(48-28-47-42)52(29-49-41)40-23-34-37(65-40)26-62-69(59,67-35-24-39(51-20-19-38(54)50-45(51)56)64-36(35)25-61-68(57,58)66-34)70-27-30-11-15-33(16-12-30)63-44(55)31-13-17-32(18-14-31)60-22-10-8-6-4-2-1-3-5-7-9-21-53/h11-20,28-29,34-37,39-40,53H,1-10,21-27H2,(H,57,58)(H2,46,47,48)(H,50,54,56)/t34-,35-,36+,37+,39+,40+,69?/m0/s1. The normalized spacial score (nSPS) is 26.0. The summed E-state index contributed by atoms with van der Waals surface area (Å²) in [5.41, 5.74) is 6.25. The Morgan fingerprint density at radius 1 is 0.771 bits per heavy atom. The maximum atomic E-state index is 14.9. The number of H-pyrrole nitrogens is 1. The molecule has 8 rings (SSSR count). The van der Waals surface area contributed by atoms with E-state index < -0.39 is 81.9 Å². The largest absolute Gasteiger partial charge is 0.494 e. The fraction of sp³-hybridized carbons (Fsp3) is 0.511. The number of fused-ring (bicyclic) bond motifs is 3. The van der Waals surface area contributed by atoms with Crippen molar-refractivity contribution in [2.24, 2.45) is 0 Å². The Morgan fingerprint density at radius 3 is 2.09 bits per heavy atom. The van der Waals surface area contributed by atoms with Gasteiger partial charge >= 0.3 is 26.3 Å². The van der Waals surface area contributed by atoms with Crippen molar-refractivity contribution in [3.05, 3.63) is 105 Å². The molecule has 6 heterocycles. The second kappa shape index (κ2) is 24.1. The van der Waals surface area contributed by atoms with Gasteiger partial charge in [-0.15, -0.1) is 0 Å². The molecule has 3 aromatic heterocycles. The topological polar surface area (TPSA) is 290 Å². The Balaban J connectivity index is 0.887. The number of esters is 1. The number of anilines is 1. The number of hydrogen-bond donors (Lipinski definition) is 4. The van der Waals surface area contributed by atoms with Crippen molar-refractivity contribution in [3.8, 4) is 11.5 Å². The first kappa shape index (κ1) is 51.6. The minimum atomic E-state index is -4.83. The highest BCUT2D eigenvalue weighted by Crippen LogP contribution is 2.64. The van der Waals surface area contributed by atoms with Crippen LogP contribution in [0.4, 0.5) is 5.82 Å². The van der Waals surface area contributed by atoms with E-state index in [9.17, 15) is 28.4 Å². The van der Waals surface area contributed by atoms with E-state index >= 15 is 0 Å². The van der Waals surface area contributed by atoms with Gasteiger partial charge in [0.25, 0.3) is 5.56 Å². The van der Waals surface area contributed by atoms with Crippen LogP contribution in [-0.2, 0) is 42.5 Å². The summed E-state index contributed by atoms with van der Waals surface area (Å²) in [6.07, 6.45) is 8.71. The number of rotatable bonds is 20. The first-order valence-corrected chi connectivity index (χ1v) is 27.9. The number of phosphoric ester groups is 1. The van der Waals surface area contributed by atoms with Crippen LogP contribution < -0.4 is 26.5 Å². The lowest BCUT2D eigenvalue weighted by molar-refractivity contribution is -0.0612. The zero-order valence-electron chi connectivity index (χ0n) is 38.2. The number of aromatic nitrogens is 6. The SMILES string of the molecule is Nc1ncnc2c1ncn2[C@H]1C[C@@H]2OP(=O)(O)OC[C@H]3O[C@@H](n4ccc(=O)[nH]c4=O)C[C@@H]3OP(=O)(SCc3ccc(OC(=O)c4ccc(OCCCCCCCCCCCCO)cc4)cc3)OC[C@H]2O1. The van der Waals surface area contributed by atoms with Crippen LogP contribution in [0.25, 0.3) is 11.2 Å². The summed E-state index contributed by atoms with van der Waals surface area (Å²) in [6.45, 7) is -4.39. The summed E-state index contributed by atoms with van der Waals surface area (Å²) in [5.74, 6) is 0.605. The van der Waals surface area contributed by atoms with E-state index in [-0.39, 0.29) is 36.8 Å². The van der Waals surface area contributed by atoms with Crippen LogP contribution >= 0.6 is 26.0 Å². The highest BCUT2D eigenvalue weighted by Gasteiger charge is 2.48. The summed E-state index contributed by atoms with van der Waals surface area (Å²) in [4.78, 5) is 63.2. The van der Waals surface area contributed by atoms with Crippen molar-refractivity contribution < 1.29 is 61.0 Å². The second-order valence-corrected chi connectivity index (χ2v) is 22.5. The molecule has 0 bridgehead atoms. The number of nitrogens with two attached hydrogens (primary N) is 1. The molecule has 3 aliphatic rings. The van der Waals surface area contributed by atoms with Crippen molar-refractivity contribution in [1.82, 2.24) is 29.1 Å². The Kier molecular flexibility index (Phi) is 17.8. The number of carbonyl (C=O) groups excluding carboxylic acids is 1. The Hall–Kier alpha value is -4.77. The fourth-order valence-electron chi connectivity index (χ4n) is 8.28. The second-order valence-electron chi connectivity index (χ2n) is 17.1. The lowest BCUT2D eigenvalue weighted by Gasteiger charge is -2.28. The molecule has 22 nitrogen and oxygen atoms in total. The molecular formula is C45H57N7O15P2S. The number of nitrogen functional groups attached to an aromatic ring is 1. The molecule has 2 aromatic carbocycles. The smallest absolute Gasteiger partial charge is 0.472 e. The maximum Gasteiger partial charge on any atom is 0.472 e. The molecule has 25 heteroatoms. The molecule has 5 N–H and O–H groups in total. The highest BCUT2D eigenvalue weighted by atomic mass is 32.7. The number of ether oxygens (including phenoxy) is 4. The highest BCUT2D eigenvalue weighted by molar-refractivity contribution is 8.54. The first-order valence-electron chi connectivity index (χ1n) is 23.3. The quantitative estimate of drug-likeness (QED) is 0.0264. The van der Waals surface area contributed by atoms with Crippen LogP contribution in [0.5, 0.6) is 11.5 Å². The lowest BCUT2D eigenvalue weighted by atomic mass is 10.1. The third kappa shape index (κ3) is 13.8. The molecule has 3 saturated heterocycles.